The minimum absolute atomic E-state index is 0. The molecular formula is C17H27ClN2O2. The molecule has 22 heavy (non-hydrogen) atoms. The molecule has 1 N–H and O–H groups in total. The van der Waals surface area contributed by atoms with Gasteiger partial charge < -0.3 is 15.0 Å². The largest absolute Gasteiger partial charge is 0.494 e. The summed E-state index contributed by atoms with van der Waals surface area (Å²) in [6.07, 6.45) is 2.17. The summed E-state index contributed by atoms with van der Waals surface area (Å²) in [7, 11) is 0. The van der Waals surface area contributed by atoms with E-state index in [0.717, 1.165) is 50.3 Å². The van der Waals surface area contributed by atoms with Gasteiger partial charge in [-0.1, -0.05) is 13.0 Å². The standard InChI is InChI=1S/C17H26N2O2.ClH/c1-3-18-13-14-8-10-19(11-9-14)17(20)15-6-5-7-16(12-15)21-4-2;/h5-7,12,14,18H,3-4,8-11,13H2,1-2H3;1H. The lowest BCUT2D eigenvalue weighted by Gasteiger charge is -2.32. The summed E-state index contributed by atoms with van der Waals surface area (Å²) >= 11 is 0. The van der Waals surface area contributed by atoms with Crippen LogP contribution in [0.3, 0.4) is 0 Å². The van der Waals surface area contributed by atoms with E-state index >= 15 is 0 Å². The Kier molecular flexibility index (Phi) is 8.28. The van der Waals surface area contributed by atoms with Gasteiger partial charge in [0.2, 0.25) is 0 Å². The quantitative estimate of drug-likeness (QED) is 0.874. The van der Waals surface area contributed by atoms with Gasteiger partial charge in [0.25, 0.3) is 5.91 Å². The minimum Gasteiger partial charge on any atom is -0.494 e. The molecule has 0 radical (unpaired) electrons. The van der Waals surface area contributed by atoms with E-state index in [9.17, 15) is 4.79 Å². The van der Waals surface area contributed by atoms with Crippen molar-refractivity contribution in [2.45, 2.75) is 26.7 Å². The maximum Gasteiger partial charge on any atom is 0.253 e. The van der Waals surface area contributed by atoms with Gasteiger partial charge in [-0.2, -0.15) is 0 Å². The summed E-state index contributed by atoms with van der Waals surface area (Å²) in [5.41, 5.74) is 0.728. The molecule has 0 unspecified atom stereocenters. The average Bonchev–Trinajstić information content (AvgIpc) is 2.53. The maximum atomic E-state index is 12.5. The molecule has 1 heterocycles. The number of carbonyl (C=O) groups excluding carboxylic acids is 1. The number of amides is 1. The lowest BCUT2D eigenvalue weighted by molar-refractivity contribution is 0.0690. The summed E-state index contributed by atoms with van der Waals surface area (Å²) in [5.74, 6) is 1.59. The van der Waals surface area contributed by atoms with Crippen LogP contribution in [-0.4, -0.2) is 43.6 Å². The van der Waals surface area contributed by atoms with E-state index in [1.54, 1.807) is 0 Å². The van der Waals surface area contributed by atoms with Gasteiger partial charge >= 0.3 is 0 Å². The predicted octanol–water partition coefficient (Wildman–Crippen LogP) is 2.97. The summed E-state index contributed by atoms with van der Waals surface area (Å²) in [5, 5.41) is 3.40. The number of hydrogen-bond acceptors (Lipinski definition) is 3. The molecule has 1 aliphatic rings. The van der Waals surface area contributed by atoms with E-state index in [1.165, 1.54) is 0 Å². The average molecular weight is 327 g/mol. The lowest BCUT2D eigenvalue weighted by Crippen LogP contribution is -2.40. The van der Waals surface area contributed by atoms with E-state index in [2.05, 4.69) is 12.2 Å². The Bertz CT molecular complexity index is 460. The molecular weight excluding hydrogens is 300 g/mol. The fourth-order valence-corrected chi connectivity index (χ4v) is 2.76. The van der Waals surface area contributed by atoms with E-state index in [4.69, 9.17) is 4.74 Å². The van der Waals surface area contributed by atoms with Crippen LogP contribution in [-0.2, 0) is 0 Å². The van der Waals surface area contributed by atoms with Crippen molar-refractivity contribution in [2.24, 2.45) is 5.92 Å². The van der Waals surface area contributed by atoms with Crippen molar-refractivity contribution < 1.29 is 9.53 Å². The van der Waals surface area contributed by atoms with Crippen molar-refractivity contribution in [3.63, 3.8) is 0 Å². The number of nitrogens with zero attached hydrogens (tertiary/aromatic N) is 1. The van der Waals surface area contributed by atoms with Gasteiger partial charge in [-0.15, -0.1) is 12.4 Å². The van der Waals surface area contributed by atoms with Gasteiger partial charge in [0, 0.05) is 18.7 Å². The number of rotatable bonds is 6. The number of ether oxygens (including phenoxy) is 1. The third-order valence-corrected chi connectivity index (χ3v) is 3.98. The number of likely N-dealkylation sites (tertiary alicyclic amines) is 1. The Morgan fingerprint density at radius 2 is 2.05 bits per heavy atom. The number of hydrogen-bond donors (Lipinski definition) is 1. The third kappa shape index (κ3) is 5.18. The normalized spacial score (nSPS) is 15.3. The smallest absolute Gasteiger partial charge is 0.253 e. The van der Waals surface area contributed by atoms with Crippen molar-refractivity contribution in [1.29, 1.82) is 0 Å². The van der Waals surface area contributed by atoms with Crippen LogP contribution in [0.25, 0.3) is 0 Å². The van der Waals surface area contributed by atoms with E-state index < -0.39 is 0 Å². The van der Waals surface area contributed by atoms with Crippen LogP contribution in [0.5, 0.6) is 5.75 Å². The van der Waals surface area contributed by atoms with Gasteiger partial charge in [-0.05, 0) is 57.0 Å². The van der Waals surface area contributed by atoms with Crippen LogP contribution in [0.2, 0.25) is 0 Å². The Morgan fingerprint density at radius 3 is 2.68 bits per heavy atom. The molecule has 1 saturated heterocycles. The molecule has 1 fully saturated rings. The Balaban J connectivity index is 0.00000242. The second-order valence-electron chi connectivity index (χ2n) is 5.50. The van der Waals surface area contributed by atoms with Gasteiger partial charge in [0.1, 0.15) is 5.75 Å². The molecule has 5 heteroatoms. The highest BCUT2D eigenvalue weighted by atomic mass is 35.5. The summed E-state index contributed by atoms with van der Waals surface area (Å²) in [6.45, 7) is 8.49. The molecule has 124 valence electrons. The Labute approximate surface area is 139 Å². The first-order valence-electron chi connectivity index (χ1n) is 7.97. The van der Waals surface area contributed by atoms with E-state index in [-0.39, 0.29) is 18.3 Å². The monoisotopic (exact) mass is 326 g/mol. The Hall–Kier alpha value is -1.26. The van der Waals surface area contributed by atoms with E-state index in [0.29, 0.717) is 12.5 Å². The SMILES string of the molecule is CCNCC1CCN(C(=O)c2cccc(OCC)c2)CC1.Cl. The molecule has 4 nitrogen and oxygen atoms in total. The van der Waals surface area contributed by atoms with Crippen LogP contribution < -0.4 is 10.1 Å². The zero-order valence-corrected chi connectivity index (χ0v) is 14.3. The fourth-order valence-electron chi connectivity index (χ4n) is 2.76. The van der Waals surface area contributed by atoms with Crippen LogP contribution in [0, 0.1) is 5.92 Å². The van der Waals surface area contributed by atoms with Crippen molar-refractivity contribution >= 4 is 18.3 Å². The second-order valence-corrected chi connectivity index (χ2v) is 5.50. The minimum atomic E-state index is 0. The van der Waals surface area contributed by atoms with Crippen molar-refractivity contribution in [2.75, 3.05) is 32.8 Å². The fraction of sp³-hybridized carbons (Fsp3) is 0.588. The maximum absolute atomic E-state index is 12.5. The molecule has 0 aliphatic carbocycles. The number of carbonyl (C=O) groups is 1. The number of benzene rings is 1. The molecule has 0 bridgehead atoms. The molecule has 0 saturated carbocycles. The molecule has 0 spiro atoms. The molecule has 0 atom stereocenters. The van der Waals surface area contributed by atoms with Crippen molar-refractivity contribution in [3.8, 4) is 5.75 Å². The van der Waals surface area contributed by atoms with Crippen LogP contribution in [0.15, 0.2) is 24.3 Å². The summed E-state index contributed by atoms with van der Waals surface area (Å²) in [6, 6.07) is 7.49. The number of piperidine rings is 1. The molecule has 0 aromatic heterocycles. The topological polar surface area (TPSA) is 41.6 Å². The molecule has 1 aromatic rings. The van der Waals surface area contributed by atoms with Gasteiger partial charge in [0.15, 0.2) is 0 Å². The first-order chi connectivity index (χ1) is 10.2. The molecule has 1 aromatic carbocycles. The lowest BCUT2D eigenvalue weighted by atomic mass is 9.96. The van der Waals surface area contributed by atoms with Gasteiger partial charge in [0.05, 0.1) is 6.61 Å². The molecule has 2 rings (SSSR count). The van der Waals surface area contributed by atoms with Crippen LogP contribution >= 0.6 is 12.4 Å². The van der Waals surface area contributed by atoms with Crippen molar-refractivity contribution in [3.05, 3.63) is 29.8 Å². The highest BCUT2D eigenvalue weighted by Crippen LogP contribution is 2.20. The van der Waals surface area contributed by atoms with Crippen LogP contribution in [0.1, 0.15) is 37.0 Å². The number of nitrogens with one attached hydrogen (secondary N) is 1. The first-order valence-corrected chi connectivity index (χ1v) is 7.97. The zero-order chi connectivity index (χ0) is 15.1. The highest BCUT2D eigenvalue weighted by molar-refractivity contribution is 5.94. The first kappa shape index (κ1) is 18.8. The molecule has 1 aliphatic heterocycles. The summed E-state index contributed by atoms with van der Waals surface area (Å²) < 4.78 is 5.47. The number of halogens is 1. The third-order valence-electron chi connectivity index (χ3n) is 3.98. The van der Waals surface area contributed by atoms with Gasteiger partial charge in [-0.3, -0.25) is 4.79 Å². The van der Waals surface area contributed by atoms with Crippen LogP contribution in [0.4, 0.5) is 0 Å². The van der Waals surface area contributed by atoms with Crippen molar-refractivity contribution in [1.82, 2.24) is 10.2 Å². The predicted molar refractivity (Wildman–Crippen MR) is 92.0 cm³/mol. The van der Waals surface area contributed by atoms with E-state index in [1.807, 2.05) is 36.1 Å². The second kappa shape index (κ2) is 9.70. The molecule has 1 amide bonds. The summed E-state index contributed by atoms with van der Waals surface area (Å²) in [4.78, 5) is 14.5. The highest BCUT2D eigenvalue weighted by Gasteiger charge is 2.23. The zero-order valence-electron chi connectivity index (χ0n) is 13.5. The van der Waals surface area contributed by atoms with Gasteiger partial charge in [-0.25, -0.2) is 0 Å². The Morgan fingerprint density at radius 1 is 1.32 bits per heavy atom.